The fraction of sp³-hybridized carbons (Fsp3) is 0.462. The number of rotatable bonds is 3. The van der Waals surface area contributed by atoms with E-state index >= 15 is 0 Å². The molecule has 0 aliphatic carbocycles. The van der Waals surface area contributed by atoms with Crippen molar-refractivity contribution in [3.8, 4) is 11.8 Å². The van der Waals surface area contributed by atoms with Gasteiger partial charge in [-0.2, -0.15) is 0 Å². The molecular formula is C13H16N2O3S. The normalized spacial score (nSPS) is 18.5. The van der Waals surface area contributed by atoms with Gasteiger partial charge in [0, 0.05) is 4.88 Å². The maximum absolute atomic E-state index is 11.8. The van der Waals surface area contributed by atoms with E-state index in [1.165, 1.54) is 0 Å². The molecule has 1 aromatic heterocycles. The van der Waals surface area contributed by atoms with Crippen LogP contribution in [0.2, 0.25) is 0 Å². The minimum Gasteiger partial charge on any atom is -0.376 e. The maximum atomic E-state index is 11.8. The molecule has 2 heterocycles. The van der Waals surface area contributed by atoms with Gasteiger partial charge in [0.1, 0.15) is 0 Å². The van der Waals surface area contributed by atoms with Gasteiger partial charge in [-0.15, -0.1) is 11.3 Å². The summed E-state index contributed by atoms with van der Waals surface area (Å²) in [6.45, 7) is 2.17. The van der Waals surface area contributed by atoms with Crippen LogP contribution in [0.15, 0.2) is 12.1 Å². The standard InChI is InChI=1S/C13H16N2O3S/c14-5-1-2-10-3-4-11(19-10)8-15-13(16)12-9-17-6-7-18-12/h3-4,12H,5-9,14H2,(H,15,16). The predicted octanol–water partition coefficient (Wildman–Crippen LogP) is 0.0899. The van der Waals surface area contributed by atoms with E-state index < -0.39 is 6.10 Å². The molecule has 19 heavy (non-hydrogen) atoms. The van der Waals surface area contributed by atoms with Crippen molar-refractivity contribution in [1.82, 2.24) is 5.32 Å². The average Bonchev–Trinajstić information content (AvgIpc) is 2.91. The number of ether oxygens (including phenoxy) is 2. The second-order valence-corrected chi connectivity index (χ2v) is 5.09. The van der Waals surface area contributed by atoms with Gasteiger partial charge in [0.15, 0.2) is 6.10 Å². The molecule has 0 bridgehead atoms. The molecular weight excluding hydrogens is 264 g/mol. The van der Waals surface area contributed by atoms with Crippen LogP contribution >= 0.6 is 11.3 Å². The lowest BCUT2D eigenvalue weighted by atomic mass is 10.3. The number of carbonyl (C=O) groups excluding carboxylic acids is 1. The second-order valence-electron chi connectivity index (χ2n) is 3.92. The summed E-state index contributed by atoms with van der Waals surface area (Å²) >= 11 is 1.55. The summed E-state index contributed by atoms with van der Waals surface area (Å²) < 4.78 is 10.5. The Morgan fingerprint density at radius 2 is 2.42 bits per heavy atom. The van der Waals surface area contributed by atoms with Crippen molar-refractivity contribution in [2.75, 3.05) is 26.4 Å². The zero-order chi connectivity index (χ0) is 13.5. The Hall–Kier alpha value is -1.39. The maximum Gasteiger partial charge on any atom is 0.251 e. The van der Waals surface area contributed by atoms with E-state index in [2.05, 4.69) is 17.2 Å². The molecule has 0 radical (unpaired) electrons. The number of thiophene rings is 1. The van der Waals surface area contributed by atoms with Gasteiger partial charge in [0.05, 0.1) is 37.8 Å². The summed E-state index contributed by atoms with van der Waals surface area (Å²) in [5.74, 6) is 5.62. The lowest BCUT2D eigenvalue weighted by Gasteiger charge is -2.21. The molecule has 1 aliphatic rings. The molecule has 0 aromatic carbocycles. The van der Waals surface area contributed by atoms with E-state index in [4.69, 9.17) is 15.2 Å². The van der Waals surface area contributed by atoms with Gasteiger partial charge in [-0.1, -0.05) is 11.8 Å². The van der Waals surface area contributed by atoms with Crippen LogP contribution in [0.3, 0.4) is 0 Å². The lowest BCUT2D eigenvalue weighted by Crippen LogP contribution is -2.42. The second kappa shape index (κ2) is 7.26. The largest absolute Gasteiger partial charge is 0.376 e. The van der Waals surface area contributed by atoms with E-state index in [9.17, 15) is 4.79 Å². The summed E-state index contributed by atoms with van der Waals surface area (Å²) in [6.07, 6.45) is -0.495. The summed E-state index contributed by atoms with van der Waals surface area (Å²) in [5, 5.41) is 2.83. The van der Waals surface area contributed by atoms with Gasteiger partial charge in [-0.25, -0.2) is 0 Å². The third-order valence-corrected chi connectivity index (χ3v) is 3.52. The van der Waals surface area contributed by atoms with Gasteiger partial charge in [-0.05, 0) is 12.1 Å². The van der Waals surface area contributed by atoms with Crippen LogP contribution < -0.4 is 11.1 Å². The molecule has 1 saturated heterocycles. The Morgan fingerprint density at radius 1 is 1.53 bits per heavy atom. The van der Waals surface area contributed by atoms with Gasteiger partial charge in [-0.3, -0.25) is 4.79 Å². The van der Waals surface area contributed by atoms with Crippen LogP contribution in [0.4, 0.5) is 0 Å². The molecule has 1 fully saturated rings. The van der Waals surface area contributed by atoms with Gasteiger partial charge in [0.2, 0.25) is 0 Å². The topological polar surface area (TPSA) is 73.6 Å². The van der Waals surface area contributed by atoms with Crippen LogP contribution in [0.5, 0.6) is 0 Å². The molecule has 1 aliphatic heterocycles. The summed E-state index contributed by atoms with van der Waals surface area (Å²) in [7, 11) is 0. The summed E-state index contributed by atoms with van der Waals surface area (Å²) in [5.41, 5.74) is 5.31. The summed E-state index contributed by atoms with van der Waals surface area (Å²) in [4.78, 5) is 13.8. The zero-order valence-electron chi connectivity index (χ0n) is 10.5. The Bertz CT molecular complexity index is 484. The van der Waals surface area contributed by atoms with Crippen molar-refractivity contribution in [3.63, 3.8) is 0 Å². The van der Waals surface area contributed by atoms with E-state index in [1.54, 1.807) is 11.3 Å². The molecule has 0 saturated carbocycles. The fourth-order valence-corrected chi connectivity index (χ4v) is 2.43. The van der Waals surface area contributed by atoms with Crippen LogP contribution in [0, 0.1) is 11.8 Å². The number of hydrogen-bond donors (Lipinski definition) is 2. The zero-order valence-corrected chi connectivity index (χ0v) is 11.3. The third-order valence-electron chi connectivity index (χ3n) is 2.52. The van der Waals surface area contributed by atoms with Gasteiger partial charge >= 0.3 is 0 Å². The molecule has 1 unspecified atom stereocenters. The number of amides is 1. The van der Waals surface area contributed by atoms with Crippen molar-refractivity contribution < 1.29 is 14.3 Å². The van der Waals surface area contributed by atoms with Gasteiger partial charge in [0.25, 0.3) is 5.91 Å². The first kappa shape index (κ1) is 14.0. The van der Waals surface area contributed by atoms with E-state index in [1.807, 2.05) is 12.1 Å². The highest BCUT2D eigenvalue weighted by atomic mass is 32.1. The number of hydrogen-bond acceptors (Lipinski definition) is 5. The fourth-order valence-electron chi connectivity index (χ4n) is 1.61. The lowest BCUT2D eigenvalue weighted by molar-refractivity contribution is -0.147. The van der Waals surface area contributed by atoms with E-state index in [-0.39, 0.29) is 5.91 Å². The summed E-state index contributed by atoms with van der Waals surface area (Å²) in [6, 6.07) is 3.87. The van der Waals surface area contributed by atoms with Crippen molar-refractivity contribution in [3.05, 3.63) is 21.9 Å². The van der Waals surface area contributed by atoms with Crippen molar-refractivity contribution in [2.24, 2.45) is 5.73 Å². The number of nitrogens with two attached hydrogens (primary N) is 1. The van der Waals surface area contributed by atoms with Crippen LogP contribution in [0.1, 0.15) is 9.75 Å². The SMILES string of the molecule is NCC#Cc1ccc(CNC(=O)C2COCCO2)s1. The van der Waals surface area contributed by atoms with Crippen LogP contribution in [0.25, 0.3) is 0 Å². The smallest absolute Gasteiger partial charge is 0.251 e. The van der Waals surface area contributed by atoms with Crippen LogP contribution in [-0.2, 0) is 20.8 Å². The monoisotopic (exact) mass is 280 g/mol. The Kier molecular flexibility index (Phi) is 5.36. The minimum absolute atomic E-state index is 0.136. The molecule has 5 nitrogen and oxygen atoms in total. The molecule has 1 amide bonds. The molecule has 2 rings (SSSR count). The average molecular weight is 280 g/mol. The minimum atomic E-state index is -0.495. The Morgan fingerprint density at radius 3 is 3.16 bits per heavy atom. The highest BCUT2D eigenvalue weighted by Crippen LogP contribution is 2.15. The number of carbonyl (C=O) groups is 1. The third kappa shape index (κ3) is 4.33. The molecule has 6 heteroatoms. The van der Waals surface area contributed by atoms with Crippen LogP contribution in [-0.4, -0.2) is 38.4 Å². The first-order valence-electron chi connectivity index (χ1n) is 6.04. The van der Waals surface area contributed by atoms with Crippen molar-refractivity contribution in [2.45, 2.75) is 12.6 Å². The quantitative estimate of drug-likeness (QED) is 0.770. The first-order valence-corrected chi connectivity index (χ1v) is 6.86. The predicted molar refractivity (Wildman–Crippen MR) is 72.7 cm³/mol. The molecule has 1 aromatic rings. The number of nitrogens with one attached hydrogen (secondary N) is 1. The highest BCUT2D eigenvalue weighted by Gasteiger charge is 2.22. The molecule has 102 valence electrons. The molecule has 0 spiro atoms. The van der Waals surface area contributed by atoms with E-state index in [0.717, 1.165) is 9.75 Å². The van der Waals surface area contributed by atoms with Gasteiger partial charge < -0.3 is 20.5 Å². The van der Waals surface area contributed by atoms with Crippen molar-refractivity contribution in [1.29, 1.82) is 0 Å². The van der Waals surface area contributed by atoms with Crippen molar-refractivity contribution >= 4 is 17.2 Å². The first-order chi connectivity index (χ1) is 9.29. The molecule has 1 atom stereocenters. The Balaban J connectivity index is 1.81. The highest BCUT2D eigenvalue weighted by molar-refractivity contribution is 7.12. The van der Waals surface area contributed by atoms with E-state index in [0.29, 0.717) is 32.9 Å². The Labute approximate surface area is 116 Å². The molecule has 3 N–H and O–H groups in total.